The molecular weight excluding hydrogens is 404 g/mol. The van der Waals surface area contributed by atoms with Crippen molar-refractivity contribution in [3.8, 4) is 0 Å². The summed E-state index contributed by atoms with van der Waals surface area (Å²) in [5.41, 5.74) is 1.75. The third-order valence-electron chi connectivity index (χ3n) is 6.65. The van der Waals surface area contributed by atoms with Crippen LogP contribution in [0.4, 0.5) is 0 Å². The van der Waals surface area contributed by atoms with Crippen molar-refractivity contribution >= 4 is 17.7 Å². The normalized spacial score (nSPS) is 18.9. The predicted octanol–water partition coefficient (Wildman–Crippen LogP) is 2.26. The SMILES string of the molecule is CC(C(=O)N1CCCCC1)N1CCN(C(=O)CNC(=O)c2ccc(C(C)(C)C)cc2)CC1. The first kappa shape index (κ1) is 24.2. The highest BCUT2D eigenvalue weighted by atomic mass is 16.2. The Morgan fingerprint density at radius 2 is 1.47 bits per heavy atom. The number of amides is 3. The minimum Gasteiger partial charge on any atom is -0.343 e. The second-order valence-electron chi connectivity index (χ2n) is 9.99. The number of hydrogen-bond donors (Lipinski definition) is 1. The van der Waals surface area contributed by atoms with Gasteiger partial charge in [0.05, 0.1) is 12.6 Å². The van der Waals surface area contributed by atoms with Crippen molar-refractivity contribution in [2.45, 2.75) is 58.4 Å². The number of nitrogens with zero attached hydrogens (tertiary/aromatic N) is 3. The van der Waals surface area contributed by atoms with Crippen LogP contribution in [0.5, 0.6) is 0 Å². The summed E-state index contributed by atoms with van der Waals surface area (Å²) in [5.74, 6) is -0.119. The monoisotopic (exact) mass is 442 g/mol. The number of piperidine rings is 1. The van der Waals surface area contributed by atoms with Gasteiger partial charge in [-0.2, -0.15) is 0 Å². The molecular formula is C25H38N4O3. The van der Waals surface area contributed by atoms with Crippen molar-refractivity contribution in [3.63, 3.8) is 0 Å². The number of carbonyl (C=O) groups excluding carboxylic acids is 3. The summed E-state index contributed by atoms with van der Waals surface area (Å²) >= 11 is 0. The highest BCUT2D eigenvalue weighted by molar-refractivity contribution is 5.96. The summed E-state index contributed by atoms with van der Waals surface area (Å²) in [5, 5.41) is 2.74. The summed E-state index contributed by atoms with van der Waals surface area (Å²) in [4.78, 5) is 43.7. The predicted molar refractivity (Wildman–Crippen MR) is 126 cm³/mol. The van der Waals surface area contributed by atoms with Gasteiger partial charge in [0.15, 0.2) is 0 Å². The highest BCUT2D eigenvalue weighted by Gasteiger charge is 2.30. The van der Waals surface area contributed by atoms with E-state index in [1.165, 1.54) is 6.42 Å². The van der Waals surface area contributed by atoms with Crippen LogP contribution in [0, 0.1) is 0 Å². The van der Waals surface area contributed by atoms with Crippen LogP contribution in [0.2, 0.25) is 0 Å². The van der Waals surface area contributed by atoms with Crippen LogP contribution in [0.1, 0.15) is 62.9 Å². The van der Waals surface area contributed by atoms with Crippen LogP contribution in [-0.2, 0) is 15.0 Å². The van der Waals surface area contributed by atoms with Crippen molar-refractivity contribution in [2.24, 2.45) is 0 Å². The molecule has 2 fully saturated rings. The number of hydrogen-bond acceptors (Lipinski definition) is 4. The van der Waals surface area contributed by atoms with Gasteiger partial charge in [-0.3, -0.25) is 19.3 Å². The maximum absolute atomic E-state index is 12.8. The molecule has 176 valence electrons. The minimum absolute atomic E-state index is 0.0118. The van der Waals surface area contributed by atoms with E-state index in [0.29, 0.717) is 31.7 Å². The van der Waals surface area contributed by atoms with Gasteiger partial charge in [-0.05, 0) is 49.3 Å². The molecule has 2 saturated heterocycles. The molecule has 1 N–H and O–H groups in total. The Morgan fingerprint density at radius 1 is 0.875 bits per heavy atom. The van der Waals surface area contributed by atoms with E-state index < -0.39 is 0 Å². The smallest absolute Gasteiger partial charge is 0.251 e. The summed E-state index contributed by atoms with van der Waals surface area (Å²) in [7, 11) is 0. The molecule has 32 heavy (non-hydrogen) atoms. The van der Waals surface area contributed by atoms with Gasteiger partial charge in [-0.1, -0.05) is 32.9 Å². The van der Waals surface area contributed by atoms with Gasteiger partial charge in [0.2, 0.25) is 11.8 Å². The number of carbonyl (C=O) groups is 3. The highest BCUT2D eigenvalue weighted by Crippen LogP contribution is 2.22. The lowest BCUT2D eigenvalue weighted by molar-refractivity contribution is -0.139. The average Bonchev–Trinajstić information content (AvgIpc) is 2.81. The lowest BCUT2D eigenvalue weighted by atomic mass is 9.87. The molecule has 3 rings (SSSR count). The van der Waals surface area contributed by atoms with Crippen molar-refractivity contribution in [1.29, 1.82) is 0 Å². The molecule has 0 bridgehead atoms. The maximum atomic E-state index is 12.8. The van der Waals surface area contributed by atoms with Gasteiger partial charge >= 0.3 is 0 Å². The van der Waals surface area contributed by atoms with E-state index >= 15 is 0 Å². The van der Waals surface area contributed by atoms with E-state index in [9.17, 15) is 14.4 Å². The molecule has 1 aromatic carbocycles. The Balaban J connectivity index is 1.43. The van der Waals surface area contributed by atoms with Crippen LogP contribution >= 0.6 is 0 Å². The summed E-state index contributed by atoms with van der Waals surface area (Å²) in [6.07, 6.45) is 3.39. The number of piperazine rings is 1. The quantitative estimate of drug-likeness (QED) is 0.759. The summed E-state index contributed by atoms with van der Waals surface area (Å²) in [6, 6.07) is 7.38. The Kier molecular flexibility index (Phi) is 7.93. The second kappa shape index (κ2) is 10.5. The zero-order chi connectivity index (χ0) is 23.3. The topological polar surface area (TPSA) is 73.0 Å². The van der Waals surface area contributed by atoms with Gasteiger partial charge < -0.3 is 15.1 Å². The third-order valence-corrected chi connectivity index (χ3v) is 6.65. The zero-order valence-electron chi connectivity index (χ0n) is 20.0. The van der Waals surface area contributed by atoms with E-state index in [-0.39, 0.29) is 35.7 Å². The molecule has 2 aliphatic heterocycles. The molecule has 0 saturated carbocycles. The first-order chi connectivity index (χ1) is 15.2. The lowest BCUT2D eigenvalue weighted by Gasteiger charge is -2.39. The van der Waals surface area contributed by atoms with E-state index in [0.717, 1.165) is 31.5 Å². The second-order valence-corrected chi connectivity index (χ2v) is 9.99. The molecule has 7 heteroatoms. The largest absolute Gasteiger partial charge is 0.343 e. The van der Waals surface area contributed by atoms with Crippen LogP contribution in [0.15, 0.2) is 24.3 Å². The molecule has 3 amide bonds. The van der Waals surface area contributed by atoms with E-state index in [4.69, 9.17) is 0 Å². The van der Waals surface area contributed by atoms with Crippen molar-refractivity contribution in [2.75, 3.05) is 45.8 Å². The lowest BCUT2D eigenvalue weighted by Crippen LogP contribution is -2.56. The Labute approximate surface area is 192 Å². The molecule has 0 aromatic heterocycles. The molecule has 2 aliphatic rings. The Hall–Kier alpha value is -2.41. The fraction of sp³-hybridized carbons (Fsp3) is 0.640. The molecule has 0 aliphatic carbocycles. The number of nitrogens with one attached hydrogen (secondary N) is 1. The minimum atomic E-state index is -0.238. The van der Waals surface area contributed by atoms with Crippen LogP contribution in [0.3, 0.4) is 0 Å². The number of likely N-dealkylation sites (tertiary alicyclic amines) is 1. The van der Waals surface area contributed by atoms with Gasteiger partial charge in [0.25, 0.3) is 5.91 Å². The van der Waals surface area contributed by atoms with Crippen LogP contribution in [-0.4, -0.2) is 84.3 Å². The first-order valence-corrected chi connectivity index (χ1v) is 11.9. The summed E-state index contributed by atoms with van der Waals surface area (Å²) < 4.78 is 0. The molecule has 1 aromatic rings. The van der Waals surface area contributed by atoms with Crippen LogP contribution < -0.4 is 5.32 Å². The standard InChI is InChI=1S/C25H38N4O3/c1-19(24(32)29-12-6-5-7-13-29)27-14-16-28(17-15-27)22(30)18-26-23(31)20-8-10-21(11-9-20)25(2,3)4/h8-11,19H,5-7,12-18H2,1-4H3,(H,26,31). The molecule has 0 radical (unpaired) electrons. The molecule has 1 unspecified atom stereocenters. The first-order valence-electron chi connectivity index (χ1n) is 11.9. The van der Waals surface area contributed by atoms with Crippen molar-refractivity contribution in [3.05, 3.63) is 35.4 Å². The Morgan fingerprint density at radius 3 is 2.03 bits per heavy atom. The van der Waals surface area contributed by atoms with E-state index in [1.54, 1.807) is 17.0 Å². The van der Waals surface area contributed by atoms with Gasteiger partial charge in [-0.15, -0.1) is 0 Å². The third kappa shape index (κ3) is 6.09. The van der Waals surface area contributed by atoms with Crippen molar-refractivity contribution < 1.29 is 14.4 Å². The fourth-order valence-electron chi connectivity index (χ4n) is 4.38. The fourth-order valence-corrected chi connectivity index (χ4v) is 4.38. The van der Waals surface area contributed by atoms with E-state index in [2.05, 4.69) is 31.0 Å². The van der Waals surface area contributed by atoms with Crippen molar-refractivity contribution in [1.82, 2.24) is 20.0 Å². The molecule has 1 atom stereocenters. The molecule has 7 nitrogen and oxygen atoms in total. The summed E-state index contributed by atoms with van der Waals surface area (Å²) in [6.45, 7) is 12.6. The number of benzene rings is 1. The number of rotatable bonds is 5. The molecule has 2 heterocycles. The van der Waals surface area contributed by atoms with E-state index in [1.807, 2.05) is 24.0 Å². The Bertz CT molecular complexity index is 801. The molecule has 0 spiro atoms. The van der Waals surface area contributed by atoms with Gasteiger partial charge in [0, 0.05) is 44.8 Å². The van der Waals surface area contributed by atoms with Crippen LogP contribution in [0.25, 0.3) is 0 Å². The maximum Gasteiger partial charge on any atom is 0.251 e. The van der Waals surface area contributed by atoms with Gasteiger partial charge in [-0.25, -0.2) is 0 Å². The zero-order valence-corrected chi connectivity index (χ0v) is 20.0. The van der Waals surface area contributed by atoms with Gasteiger partial charge in [0.1, 0.15) is 0 Å². The average molecular weight is 443 g/mol.